The van der Waals surface area contributed by atoms with Crippen LogP contribution in [-0.4, -0.2) is 56.5 Å². The SMILES string of the molecule is CN=C(NCCCN1CCCCC1C)NCc1cccc(C(=O)NC)c1. The lowest BCUT2D eigenvalue weighted by Crippen LogP contribution is -2.41. The maximum Gasteiger partial charge on any atom is 0.251 e. The van der Waals surface area contributed by atoms with Gasteiger partial charge in [0.25, 0.3) is 5.91 Å². The molecule has 0 spiro atoms. The standard InChI is InChI=1S/C20H33N5O/c1-16-8-4-5-12-25(16)13-7-11-23-20(22-3)24-15-17-9-6-10-18(14-17)19(26)21-2/h6,9-10,14,16H,4-5,7-8,11-13,15H2,1-3H3,(H,21,26)(H2,22,23,24). The van der Waals surface area contributed by atoms with E-state index in [-0.39, 0.29) is 5.91 Å². The van der Waals surface area contributed by atoms with Crippen molar-refractivity contribution in [3.63, 3.8) is 0 Å². The number of piperidine rings is 1. The number of hydrogen-bond acceptors (Lipinski definition) is 3. The summed E-state index contributed by atoms with van der Waals surface area (Å²) in [5.41, 5.74) is 1.72. The summed E-state index contributed by atoms with van der Waals surface area (Å²) >= 11 is 0. The molecule has 6 nitrogen and oxygen atoms in total. The Balaban J connectivity index is 1.71. The molecular weight excluding hydrogens is 326 g/mol. The van der Waals surface area contributed by atoms with Gasteiger partial charge in [-0.2, -0.15) is 0 Å². The van der Waals surface area contributed by atoms with Crippen LogP contribution >= 0.6 is 0 Å². The van der Waals surface area contributed by atoms with E-state index in [1.54, 1.807) is 14.1 Å². The molecular formula is C20H33N5O. The summed E-state index contributed by atoms with van der Waals surface area (Å²) in [5, 5.41) is 9.34. The summed E-state index contributed by atoms with van der Waals surface area (Å²) in [6, 6.07) is 8.34. The summed E-state index contributed by atoms with van der Waals surface area (Å²) in [6.45, 7) is 6.24. The summed E-state index contributed by atoms with van der Waals surface area (Å²) in [6.07, 6.45) is 5.13. The number of likely N-dealkylation sites (tertiary alicyclic amines) is 1. The highest BCUT2D eigenvalue weighted by Crippen LogP contribution is 2.16. The quantitative estimate of drug-likeness (QED) is 0.396. The van der Waals surface area contributed by atoms with Crippen molar-refractivity contribution in [3.8, 4) is 0 Å². The molecule has 0 aromatic heterocycles. The van der Waals surface area contributed by atoms with Crippen LogP contribution in [0.2, 0.25) is 0 Å². The number of benzene rings is 1. The molecule has 6 heteroatoms. The second-order valence-electron chi connectivity index (χ2n) is 6.87. The smallest absolute Gasteiger partial charge is 0.251 e. The van der Waals surface area contributed by atoms with Crippen molar-refractivity contribution in [1.29, 1.82) is 0 Å². The molecule has 2 rings (SSSR count). The lowest BCUT2D eigenvalue weighted by atomic mass is 10.0. The van der Waals surface area contributed by atoms with Crippen molar-refractivity contribution in [2.24, 2.45) is 4.99 Å². The van der Waals surface area contributed by atoms with E-state index < -0.39 is 0 Å². The highest BCUT2D eigenvalue weighted by molar-refractivity contribution is 5.94. The lowest BCUT2D eigenvalue weighted by molar-refractivity contribution is 0.0963. The fourth-order valence-corrected chi connectivity index (χ4v) is 3.35. The Morgan fingerprint density at radius 2 is 2.15 bits per heavy atom. The second kappa shape index (κ2) is 10.8. The number of rotatable bonds is 7. The molecule has 0 saturated carbocycles. The van der Waals surface area contributed by atoms with E-state index in [1.807, 2.05) is 24.3 Å². The molecule has 0 radical (unpaired) electrons. The summed E-state index contributed by atoms with van der Waals surface area (Å²) in [4.78, 5) is 18.6. The molecule has 0 bridgehead atoms. The zero-order valence-corrected chi connectivity index (χ0v) is 16.3. The van der Waals surface area contributed by atoms with Crippen LogP contribution in [0.15, 0.2) is 29.3 Å². The van der Waals surface area contributed by atoms with Crippen LogP contribution in [0.4, 0.5) is 0 Å². The third kappa shape index (κ3) is 6.33. The normalized spacial score (nSPS) is 18.4. The number of nitrogens with one attached hydrogen (secondary N) is 3. The van der Waals surface area contributed by atoms with Crippen LogP contribution in [-0.2, 0) is 6.54 Å². The number of amides is 1. The van der Waals surface area contributed by atoms with Crippen molar-refractivity contribution >= 4 is 11.9 Å². The minimum absolute atomic E-state index is 0.0682. The van der Waals surface area contributed by atoms with E-state index in [1.165, 1.54) is 25.8 Å². The fourth-order valence-electron chi connectivity index (χ4n) is 3.35. The summed E-state index contributed by atoms with van der Waals surface area (Å²) in [7, 11) is 3.42. The Morgan fingerprint density at radius 1 is 1.31 bits per heavy atom. The molecule has 1 atom stereocenters. The molecule has 1 aromatic rings. The van der Waals surface area contributed by atoms with E-state index in [2.05, 4.69) is 32.8 Å². The molecule has 1 fully saturated rings. The van der Waals surface area contributed by atoms with Crippen LogP contribution in [0, 0.1) is 0 Å². The average Bonchev–Trinajstić information content (AvgIpc) is 2.68. The van der Waals surface area contributed by atoms with Gasteiger partial charge in [0.2, 0.25) is 0 Å². The van der Waals surface area contributed by atoms with Crippen molar-refractivity contribution in [2.75, 3.05) is 33.7 Å². The van der Waals surface area contributed by atoms with Gasteiger partial charge in [-0.25, -0.2) is 0 Å². The molecule has 144 valence electrons. The Labute approximate surface area is 157 Å². The van der Waals surface area contributed by atoms with Crippen LogP contribution in [0.1, 0.15) is 48.5 Å². The number of nitrogens with zero attached hydrogens (tertiary/aromatic N) is 2. The number of aliphatic imine (C=N–C) groups is 1. The zero-order chi connectivity index (χ0) is 18.8. The van der Waals surface area contributed by atoms with Crippen LogP contribution in [0.3, 0.4) is 0 Å². The summed E-state index contributed by atoms with van der Waals surface area (Å²) < 4.78 is 0. The van der Waals surface area contributed by atoms with Crippen LogP contribution in [0.5, 0.6) is 0 Å². The van der Waals surface area contributed by atoms with Gasteiger partial charge in [-0.05, 0) is 50.4 Å². The van der Waals surface area contributed by atoms with Gasteiger partial charge in [0, 0.05) is 45.3 Å². The van der Waals surface area contributed by atoms with Gasteiger partial charge in [-0.1, -0.05) is 18.6 Å². The minimum atomic E-state index is -0.0682. The van der Waals surface area contributed by atoms with Gasteiger partial charge < -0.3 is 20.9 Å². The predicted octanol–water partition coefficient (Wildman–Crippen LogP) is 1.98. The van der Waals surface area contributed by atoms with E-state index in [9.17, 15) is 4.79 Å². The first-order valence-electron chi connectivity index (χ1n) is 9.63. The van der Waals surface area contributed by atoms with Gasteiger partial charge in [0.1, 0.15) is 0 Å². The van der Waals surface area contributed by atoms with Crippen LogP contribution < -0.4 is 16.0 Å². The molecule has 1 aromatic carbocycles. The van der Waals surface area contributed by atoms with E-state index in [0.29, 0.717) is 18.2 Å². The summed E-state index contributed by atoms with van der Waals surface area (Å²) in [5.74, 6) is 0.725. The second-order valence-corrected chi connectivity index (χ2v) is 6.87. The molecule has 3 N–H and O–H groups in total. The molecule has 1 aliphatic rings. The highest BCUT2D eigenvalue weighted by atomic mass is 16.1. The first-order chi connectivity index (χ1) is 12.6. The molecule has 0 aliphatic carbocycles. The Morgan fingerprint density at radius 3 is 2.88 bits per heavy atom. The monoisotopic (exact) mass is 359 g/mol. The zero-order valence-electron chi connectivity index (χ0n) is 16.3. The third-order valence-corrected chi connectivity index (χ3v) is 4.95. The minimum Gasteiger partial charge on any atom is -0.356 e. The first-order valence-corrected chi connectivity index (χ1v) is 9.63. The van der Waals surface area contributed by atoms with Crippen molar-refractivity contribution in [2.45, 2.75) is 45.2 Å². The van der Waals surface area contributed by atoms with Crippen LogP contribution in [0.25, 0.3) is 0 Å². The average molecular weight is 360 g/mol. The first kappa shape index (κ1) is 20.2. The Bertz CT molecular complexity index is 602. The predicted molar refractivity (Wildman–Crippen MR) is 108 cm³/mol. The van der Waals surface area contributed by atoms with Gasteiger partial charge in [0.15, 0.2) is 5.96 Å². The highest BCUT2D eigenvalue weighted by Gasteiger charge is 2.17. The van der Waals surface area contributed by atoms with E-state index >= 15 is 0 Å². The van der Waals surface area contributed by atoms with Crippen molar-refractivity contribution in [1.82, 2.24) is 20.9 Å². The molecule has 1 saturated heterocycles. The molecule has 1 unspecified atom stereocenters. The van der Waals surface area contributed by atoms with E-state index in [4.69, 9.17) is 0 Å². The Kier molecular flexibility index (Phi) is 8.41. The molecule has 1 aliphatic heterocycles. The topological polar surface area (TPSA) is 68.8 Å². The van der Waals surface area contributed by atoms with Gasteiger partial charge in [0.05, 0.1) is 0 Å². The van der Waals surface area contributed by atoms with Gasteiger partial charge >= 0.3 is 0 Å². The molecule has 26 heavy (non-hydrogen) atoms. The number of hydrogen-bond donors (Lipinski definition) is 3. The van der Waals surface area contributed by atoms with Gasteiger partial charge in [-0.15, -0.1) is 0 Å². The Hall–Kier alpha value is -2.08. The number of guanidine groups is 1. The fraction of sp³-hybridized carbons (Fsp3) is 0.600. The van der Waals surface area contributed by atoms with Crippen molar-refractivity contribution in [3.05, 3.63) is 35.4 Å². The number of carbonyl (C=O) groups is 1. The lowest BCUT2D eigenvalue weighted by Gasteiger charge is -2.33. The molecule has 1 heterocycles. The third-order valence-electron chi connectivity index (χ3n) is 4.95. The van der Waals surface area contributed by atoms with Crippen molar-refractivity contribution < 1.29 is 4.79 Å². The van der Waals surface area contributed by atoms with Gasteiger partial charge in [-0.3, -0.25) is 9.79 Å². The number of carbonyl (C=O) groups excluding carboxylic acids is 1. The maximum atomic E-state index is 11.7. The maximum absolute atomic E-state index is 11.7. The molecule has 1 amide bonds. The largest absolute Gasteiger partial charge is 0.356 e. The van der Waals surface area contributed by atoms with E-state index in [0.717, 1.165) is 31.0 Å².